The summed E-state index contributed by atoms with van der Waals surface area (Å²) in [5.74, 6) is 0.156. The van der Waals surface area contributed by atoms with Crippen molar-refractivity contribution >= 4 is 5.97 Å². The number of rotatable bonds is 6. The van der Waals surface area contributed by atoms with E-state index in [2.05, 4.69) is 6.92 Å². The molecule has 0 N–H and O–H groups in total. The zero-order valence-electron chi connectivity index (χ0n) is 7.88. The Morgan fingerprint density at radius 1 is 1.42 bits per heavy atom. The molecule has 0 aliphatic heterocycles. The van der Waals surface area contributed by atoms with Crippen LogP contribution in [0.3, 0.4) is 0 Å². The van der Waals surface area contributed by atoms with Crippen LogP contribution in [0.4, 0.5) is 0 Å². The van der Waals surface area contributed by atoms with Gasteiger partial charge in [-0.25, -0.2) is 0 Å². The van der Waals surface area contributed by atoms with Gasteiger partial charge in [-0.05, 0) is 0 Å². The summed E-state index contributed by atoms with van der Waals surface area (Å²) in [4.78, 5) is 11.1. The van der Waals surface area contributed by atoms with Gasteiger partial charge in [0.05, 0.1) is 0 Å². The molecular weight excluding hydrogens is 321 g/mol. The molecule has 0 fully saturated rings. The van der Waals surface area contributed by atoms with Crippen molar-refractivity contribution in [3.8, 4) is 0 Å². The van der Waals surface area contributed by atoms with E-state index in [1.807, 2.05) is 6.92 Å². The molecule has 0 aliphatic rings. The average Bonchev–Trinajstić information content (AvgIpc) is 2.11. The van der Waals surface area contributed by atoms with Crippen LogP contribution in [0.25, 0.3) is 0 Å². The maximum absolute atomic E-state index is 11.1. The summed E-state index contributed by atoms with van der Waals surface area (Å²) in [5.41, 5.74) is 0. The first-order valence-corrected chi connectivity index (χ1v) is 5.92. The van der Waals surface area contributed by atoms with Crippen molar-refractivity contribution in [2.75, 3.05) is 0 Å². The van der Waals surface area contributed by atoms with Gasteiger partial charge in [0.15, 0.2) is 0 Å². The van der Waals surface area contributed by atoms with E-state index in [4.69, 9.17) is 3.24 Å². The summed E-state index contributed by atoms with van der Waals surface area (Å²) in [5, 5.41) is 0. The number of carbonyl (C=O) groups excluding carboxylic acids is 1. The van der Waals surface area contributed by atoms with Gasteiger partial charge in [-0.1, -0.05) is 0 Å². The molecule has 0 aromatic carbocycles. The maximum atomic E-state index is 11.1. The Labute approximate surface area is 87.5 Å². The van der Waals surface area contributed by atoms with Crippen LogP contribution >= 0.6 is 0 Å². The molecular formula is C9H17O2Ta. The average molecular weight is 338 g/mol. The Kier molecular flexibility index (Phi) is 7.98. The molecule has 0 aromatic rings. The fraction of sp³-hybridized carbons (Fsp3) is 0.889. The van der Waals surface area contributed by atoms with Gasteiger partial charge in [-0.3, -0.25) is 0 Å². The van der Waals surface area contributed by atoms with Crippen molar-refractivity contribution in [3.05, 3.63) is 0 Å². The van der Waals surface area contributed by atoms with Gasteiger partial charge in [0.1, 0.15) is 0 Å². The van der Waals surface area contributed by atoms with Crippen LogP contribution in [0.15, 0.2) is 0 Å². The van der Waals surface area contributed by atoms with Crippen molar-refractivity contribution in [2.45, 2.75) is 46.0 Å². The van der Waals surface area contributed by atoms with E-state index in [0.717, 1.165) is 40.7 Å². The van der Waals surface area contributed by atoms with E-state index in [9.17, 15) is 4.79 Å². The molecule has 0 aliphatic carbocycles. The quantitative estimate of drug-likeness (QED) is 0.696. The second kappa shape index (κ2) is 7.84. The SMILES string of the molecule is CCCCCC(CC)C(=O)[O][Ta]. The molecule has 70 valence electrons. The molecule has 0 saturated carbocycles. The topological polar surface area (TPSA) is 26.3 Å². The molecule has 3 heteroatoms. The minimum atomic E-state index is 0.00179. The Hall–Kier alpha value is 0.210. The van der Waals surface area contributed by atoms with E-state index in [1.165, 1.54) is 12.8 Å². The summed E-state index contributed by atoms with van der Waals surface area (Å²) in [6.07, 6.45) is 5.51. The zero-order valence-corrected chi connectivity index (χ0v) is 11.1. The van der Waals surface area contributed by atoms with Gasteiger partial charge in [-0.15, -0.1) is 0 Å². The molecule has 0 rings (SSSR count). The first kappa shape index (κ1) is 12.2. The summed E-state index contributed by atoms with van der Waals surface area (Å²) < 4.78 is 4.81. The van der Waals surface area contributed by atoms with Crippen molar-refractivity contribution in [1.29, 1.82) is 0 Å². The minimum absolute atomic E-state index is 0.00179. The molecule has 2 nitrogen and oxygen atoms in total. The molecule has 0 saturated heterocycles. The Bertz CT molecular complexity index is 126. The van der Waals surface area contributed by atoms with Crippen LogP contribution in [0.1, 0.15) is 46.0 Å². The fourth-order valence-corrected chi connectivity index (χ4v) is 1.74. The van der Waals surface area contributed by atoms with Gasteiger partial charge in [0.2, 0.25) is 0 Å². The Balaban J connectivity index is 3.60. The first-order chi connectivity index (χ1) is 5.76. The van der Waals surface area contributed by atoms with Gasteiger partial charge in [0.25, 0.3) is 0 Å². The van der Waals surface area contributed by atoms with Crippen LogP contribution < -0.4 is 0 Å². The van der Waals surface area contributed by atoms with Gasteiger partial charge < -0.3 is 0 Å². The predicted molar refractivity (Wildman–Crippen MR) is 44.0 cm³/mol. The third-order valence-electron chi connectivity index (χ3n) is 2.07. The van der Waals surface area contributed by atoms with Crippen molar-refractivity contribution in [3.63, 3.8) is 0 Å². The number of hydrogen-bond acceptors (Lipinski definition) is 2. The monoisotopic (exact) mass is 338 g/mol. The van der Waals surface area contributed by atoms with E-state index < -0.39 is 0 Å². The first-order valence-electron chi connectivity index (χ1n) is 4.61. The fourth-order valence-electron chi connectivity index (χ4n) is 1.20. The molecule has 0 spiro atoms. The van der Waals surface area contributed by atoms with E-state index in [1.54, 1.807) is 0 Å². The van der Waals surface area contributed by atoms with E-state index >= 15 is 0 Å². The zero-order chi connectivity index (χ0) is 9.40. The summed E-state index contributed by atoms with van der Waals surface area (Å²) in [6.45, 7) is 4.22. The number of hydrogen-bond donors (Lipinski definition) is 0. The molecule has 0 heterocycles. The summed E-state index contributed by atoms with van der Waals surface area (Å²) >= 11 is 0.721. The molecule has 1 unspecified atom stereocenters. The van der Waals surface area contributed by atoms with Gasteiger partial charge in [-0.2, -0.15) is 0 Å². The standard InChI is InChI=1S/C9H18O2.Ta/c1-3-5-6-7-8(4-2)9(10)11;/h8H,3-7H2,1-2H3,(H,10,11);/q;+1/p-1. The predicted octanol–water partition coefficient (Wildman–Crippen LogP) is 2.60. The van der Waals surface area contributed by atoms with Gasteiger partial charge >= 0.3 is 87.3 Å². The van der Waals surface area contributed by atoms with Crippen LogP contribution in [0.5, 0.6) is 0 Å². The normalized spacial score (nSPS) is 12.5. The Morgan fingerprint density at radius 2 is 2.08 bits per heavy atom. The molecule has 0 radical (unpaired) electrons. The molecule has 12 heavy (non-hydrogen) atoms. The van der Waals surface area contributed by atoms with Crippen molar-refractivity contribution in [2.24, 2.45) is 5.92 Å². The third kappa shape index (κ3) is 4.96. The van der Waals surface area contributed by atoms with E-state index in [-0.39, 0.29) is 11.9 Å². The van der Waals surface area contributed by atoms with Crippen LogP contribution in [-0.2, 0) is 29.5 Å². The van der Waals surface area contributed by atoms with Gasteiger partial charge in [0, 0.05) is 0 Å². The number of carbonyl (C=O) groups is 1. The van der Waals surface area contributed by atoms with Crippen LogP contribution in [0.2, 0.25) is 0 Å². The summed E-state index contributed by atoms with van der Waals surface area (Å²) in [7, 11) is 0. The summed E-state index contributed by atoms with van der Waals surface area (Å²) in [6, 6.07) is 0. The van der Waals surface area contributed by atoms with Crippen LogP contribution in [0, 0.1) is 5.92 Å². The molecule has 0 aromatic heterocycles. The second-order valence-corrected chi connectivity index (χ2v) is 3.67. The van der Waals surface area contributed by atoms with Crippen LogP contribution in [-0.4, -0.2) is 5.97 Å². The van der Waals surface area contributed by atoms with Crippen molar-refractivity contribution in [1.82, 2.24) is 0 Å². The molecule has 1 atom stereocenters. The third-order valence-corrected chi connectivity index (χ3v) is 2.72. The second-order valence-electron chi connectivity index (χ2n) is 3.01. The van der Waals surface area contributed by atoms with E-state index in [0.29, 0.717) is 0 Å². The molecule has 0 amide bonds. The number of unbranched alkanes of at least 4 members (excludes halogenated alkanes) is 2. The van der Waals surface area contributed by atoms with Crippen molar-refractivity contribution < 1.29 is 29.5 Å². The molecule has 0 bridgehead atoms. The Morgan fingerprint density at radius 3 is 2.50 bits per heavy atom.